The highest BCUT2D eigenvalue weighted by atomic mass is 16.5. The average Bonchev–Trinajstić information content (AvgIpc) is 3.39. The molecule has 9 nitrogen and oxygen atoms in total. The van der Waals surface area contributed by atoms with Gasteiger partial charge >= 0.3 is 0 Å². The van der Waals surface area contributed by atoms with E-state index in [1.54, 1.807) is 10.4 Å². The zero-order valence-electron chi connectivity index (χ0n) is 23.0. The Morgan fingerprint density at radius 2 is 1.61 bits per heavy atom. The summed E-state index contributed by atoms with van der Waals surface area (Å²) < 4.78 is 0. The number of hydrogen-bond donors (Lipinski definition) is 4. The quantitative estimate of drug-likeness (QED) is 0.274. The predicted octanol–water partition coefficient (Wildman–Crippen LogP) is 2.96. The maximum absolute atomic E-state index is 13.6. The maximum atomic E-state index is 13.6. The molecule has 4 amide bonds. The molecule has 1 heterocycles. The lowest BCUT2D eigenvalue weighted by Gasteiger charge is -2.39. The van der Waals surface area contributed by atoms with Crippen molar-refractivity contribution in [3.63, 3.8) is 0 Å². The van der Waals surface area contributed by atoms with Gasteiger partial charge in [-0.1, -0.05) is 76.8 Å². The van der Waals surface area contributed by atoms with Crippen molar-refractivity contribution >= 4 is 23.6 Å². The van der Waals surface area contributed by atoms with Gasteiger partial charge in [-0.15, -0.1) is 0 Å². The Labute approximate surface area is 226 Å². The summed E-state index contributed by atoms with van der Waals surface area (Å²) in [5, 5.41) is 15.1. The number of carbonyl (C=O) groups excluding carboxylic acids is 4. The van der Waals surface area contributed by atoms with Crippen LogP contribution in [-0.2, 0) is 25.6 Å². The Balaban J connectivity index is 1.57. The van der Waals surface area contributed by atoms with Crippen LogP contribution in [-0.4, -0.2) is 58.9 Å². The van der Waals surface area contributed by atoms with E-state index in [2.05, 4.69) is 10.6 Å². The van der Waals surface area contributed by atoms with Crippen LogP contribution >= 0.6 is 0 Å². The van der Waals surface area contributed by atoms with Gasteiger partial charge in [-0.25, -0.2) is 5.48 Å². The second-order valence-electron chi connectivity index (χ2n) is 12.0. The smallest absolute Gasteiger partial charge is 0.245 e. The highest BCUT2D eigenvalue weighted by molar-refractivity contribution is 5.91. The van der Waals surface area contributed by atoms with Crippen molar-refractivity contribution in [2.75, 3.05) is 13.1 Å². The van der Waals surface area contributed by atoms with Gasteiger partial charge in [0, 0.05) is 31.5 Å². The Kier molecular flexibility index (Phi) is 10.7. The van der Waals surface area contributed by atoms with Gasteiger partial charge < -0.3 is 15.5 Å². The van der Waals surface area contributed by atoms with Crippen molar-refractivity contribution in [3.8, 4) is 0 Å². The summed E-state index contributed by atoms with van der Waals surface area (Å²) in [5.74, 6) is -1.33. The van der Waals surface area contributed by atoms with Crippen LogP contribution in [0.5, 0.6) is 0 Å². The first-order valence-electron chi connectivity index (χ1n) is 13.9. The molecule has 38 heavy (non-hydrogen) atoms. The Morgan fingerprint density at radius 1 is 0.974 bits per heavy atom. The van der Waals surface area contributed by atoms with Crippen LogP contribution in [0.25, 0.3) is 0 Å². The number of nitrogens with zero attached hydrogens (tertiary/aromatic N) is 1. The zero-order valence-corrected chi connectivity index (χ0v) is 23.0. The number of nitrogens with one attached hydrogen (secondary N) is 3. The number of carbonyl (C=O) groups is 4. The summed E-state index contributed by atoms with van der Waals surface area (Å²) in [5.41, 5.74) is 2.07. The zero-order chi connectivity index (χ0) is 27.7. The first-order valence-corrected chi connectivity index (χ1v) is 13.9. The van der Waals surface area contributed by atoms with E-state index in [9.17, 15) is 19.2 Å². The van der Waals surface area contributed by atoms with Crippen LogP contribution in [0.3, 0.4) is 0 Å². The fourth-order valence-corrected chi connectivity index (χ4v) is 5.60. The van der Waals surface area contributed by atoms with Gasteiger partial charge in [0.2, 0.25) is 23.6 Å². The van der Waals surface area contributed by atoms with Crippen LogP contribution in [0.2, 0.25) is 0 Å². The van der Waals surface area contributed by atoms with Crippen LogP contribution in [0, 0.1) is 17.3 Å². The van der Waals surface area contributed by atoms with Crippen LogP contribution < -0.4 is 16.1 Å². The van der Waals surface area contributed by atoms with E-state index in [4.69, 9.17) is 5.21 Å². The van der Waals surface area contributed by atoms with Gasteiger partial charge in [-0.05, 0) is 36.2 Å². The van der Waals surface area contributed by atoms with E-state index >= 15 is 0 Å². The molecule has 3 rings (SSSR count). The van der Waals surface area contributed by atoms with Gasteiger partial charge in [-0.3, -0.25) is 24.4 Å². The molecule has 4 N–H and O–H groups in total. The molecule has 1 aromatic carbocycles. The number of benzene rings is 1. The molecule has 0 radical (unpaired) electrons. The molecule has 0 aromatic heterocycles. The van der Waals surface area contributed by atoms with Crippen molar-refractivity contribution in [2.45, 2.75) is 90.6 Å². The molecule has 0 spiro atoms. The SMILES string of the molecule is CC(C)(C)[C@@H](NC(=O)[C@H](CC(=O)NO)CC1CCCC1)C(=O)N1CCC(NC(=O)Cc2ccccc2)CC1. The highest BCUT2D eigenvalue weighted by Crippen LogP contribution is 2.32. The third-order valence-electron chi connectivity index (χ3n) is 7.80. The van der Waals surface area contributed by atoms with E-state index in [1.165, 1.54) is 0 Å². The number of hydroxylamine groups is 1. The molecular weight excluding hydrogens is 484 g/mol. The Morgan fingerprint density at radius 3 is 2.18 bits per heavy atom. The first-order chi connectivity index (χ1) is 18.1. The third kappa shape index (κ3) is 8.82. The molecule has 1 saturated carbocycles. The minimum absolute atomic E-state index is 0.00530. The lowest BCUT2D eigenvalue weighted by Crippen LogP contribution is -2.58. The molecule has 2 fully saturated rings. The third-order valence-corrected chi connectivity index (χ3v) is 7.80. The predicted molar refractivity (Wildman–Crippen MR) is 144 cm³/mol. The summed E-state index contributed by atoms with van der Waals surface area (Å²) in [6, 6.07) is 8.86. The van der Waals surface area contributed by atoms with E-state index in [1.807, 2.05) is 51.1 Å². The molecule has 210 valence electrons. The van der Waals surface area contributed by atoms with Crippen molar-refractivity contribution in [3.05, 3.63) is 35.9 Å². The molecular formula is C29H44N4O5. The molecule has 1 aliphatic carbocycles. The van der Waals surface area contributed by atoms with Crippen molar-refractivity contribution in [1.29, 1.82) is 0 Å². The monoisotopic (exact) mass is 528 g/mol. The van der Waals surface area contributed by atoms with E-state index in [-0.39, 0.29) is 30.2 Å². The minimum atomic E-state index is -0.748. The van der Waals surface area contributed by atoms with Gasteiger partial charge in [0.25, 0.3) is 0 Å². The summed E-state index contributed by atoms with van der Waals surface area (Å²) >= 11 is 0. The molecule has 2 aliphatic rings. The van der Waals surface area contributed by atoms with Gasteiger partial charge in [0.1, 0.15) is 6.04 Å². The first kappa shape index (κ1) is 29.6. The van der Waals surface area contributed by atoms with Crippen LogP contribution in [0.1, 0.15) is 77.7 Å². The molecule has 1 saturated heterocycles. The lowest BCUT2D eigenvalue weighted by atomic mass is 9.84. The maximum Gasteiger partial charge on any atom is 0.245 e. The van der Waals surface area contributed by atoms with Crippen molar-refractivity contribution in [1.82, 2.24) is 21.0 Å². The topological polar surface area (TPSA) is 128 Å². The Bertz CT molecular complexity index is 947. The van der Waals surface area contributed by atoms with E-state index in [0.717, 1.165) is 31.2 Å². The molecule has 1 aromatic rings. The second-order valence-corrected chi connectivity index (χ2v) is 12.0. The van der Waals surface area contributed by atoms with Gasteiger partial charge in [0.15, 0.2) is 0 Å². The molecule has 9 heteroatoms. The van der Waals surface area contributed by atoms with E-state index in [0.29, 0.717) is 44.7 Å². The summed E-state index contributed by atoms with van der Waals surface area (Å²) in [6.07, 6.45) is 6.39. The molecule has 1 aliphatic heterocycles. The van der Waals surface area contributed by atoms with Crippen molar-refractivity contribution in [2.24, 2.45) is 17.3 Å². The number of hydrogen-bond acceptors (Lipinski definition) is 5. The summed E-state index contributed by atoms with van der Waals surface area (Å²) in [4.78, 5) is 53.1. The lowest BCUT2D eigenvalue weighted by molar-refractivity contribution is -0.142. The number of amides is 4. The number of rotatable bonds is 10. The minimum Gasteiger partial charge on any atom is -0.353 e. The average molecular weight is 529 g/mol. The fourth-order valence-electron chi connectivity index (χ4n) is 5.60. The van der Waals surface area contributed by atoms with Crippen molar-refractivity contribution < 1.29 is 24.4 Å². The van der Waals surface area contributed by atoms with Crippen LogP contribution in [0.4, 0.5) is 0 Å². The number of piperidine rings is 1. The molecule has 0 unspecified atom stereocenters. The largest absolute Gasteiger partial charge is 0.353 e. The number of likely N-dealkylation sites (tertiary alicyclic amines) is 1. The van der Waals surface area contributed by atoms with Gasteiger partial charge in [-0.2, -0.15) is 0 Å². The highest BCUT2D eigenvalue weighted by Gasteiger charge is 2.39. The fraction of sp³-hybridized carbons (Fsp3) is 0.655. The summed E-state index contributed by atoms with van der Waals surface area (Å²) in [7, 11) is 0. The second kappa shape index (κ2) is 13.7. The molecule has 0 bridgehead atoms. The Hall–Kier alpha value is -2.94. The summed E-state index contributed by atoms with van der Waals surface area (Å²) in [6.45, 7) is 6.74. The van der Waals surface area contributed by atoms with E-state index < -0.39 is 23.3 Å². The molecule has 2 atom stereocenters. The van der Waals surface area contributed by atoms with Crippen LogP contribution in [0.15, 0.2) is 30.3 Å². The van der Waals surface area contributed by atoms with Gasteiger partial charge in [0.05, 0.1) is 6.42 Å². The normalized spacial score (nSPS) is 18.5. The standard InChI is InChI=1S/C29H44N4O5/c1-29(2,3)26(31-27(36)22(19-25(35)32-38)17-20-11-7-8-12-20)28(37)33-15-13-23(14-16-33)30-24(34)18-21-9-5-4-6-10-21/h4-6,9-10,20,22-23,26,38H,7-8,11-19H2,1-3H3,(H,30,34)(H,31,36)(H,32,35)/t22-,26-/m0/s1.